The van der Waals surface area contributed by atoms with Crippen molar-refractivity contribution in [1.82, 2.24) is 15.1 Å². The number of halogens is 3. The highest BCUT2D eigenvalue weighted by molar-refractivity contribution is 8.38. The highest BCUT2D eigenvalue weighted by Crippen LogP contribution is 2.37. The van der Waals surface area contributed by atoms with Crippen molar-refractivity contribution in [1.29, 1.82) is 5.26 Å². The van der Waals surface area contributed by atoms with E-state index in [1.54, 1.807) is 18.3 Å². The summed E-state index contributed by atoms with van der Waals surface area (Å²) in [4.78, 5) is 13.5. The molecule has 1 unspecified atom stereocenters. The summed E-state index contributed by atoms with van der Waals surface area (Å²) in [5.74, 6) is 0.251. The Labute approximate surface area is 190 Å². The van der Waals surface area contributed by atoms with Crippen molar-refractivity contribution in [2.75, 3.05) is 18.6 Å². The molecule has 4 rings (SSSR count). The molecule has 1 saturated heterocycles. The summed E-state index contributed by atoms with van der Waals surface area (Å²) in [7, 11) is 1.71. The number of fused-ring (bicyclic) bond motifs is 1. The van der Waals surface area contributed by atoms with E-state index in [0.29, 0.717) is 27.1 Å². The third kappa shape index (κ3) is 4.79. The number of nitrogens with zero attached hydrogens (tertiary/aromatic N) is 5. The van der Waals surface area contributed by atoms with Crippen LogP contribution in [0.25, 0.3) is 0 Å². The Morgan fingerprint density at radius 3 is 2.91 bits per heavy atom. The van der Waals surface area contributed by atoms with E-state index in [1.807, 2.05) is 6.07 Å². The number of benzene rings is 1. The second kappa shape index (κ2) is 9.17. The standard InChI is InChI=1S/C20H19F3N6OS2/c1-28-16-9-26-29(10-15-3-2-6-25-15)18(30)17(16)32-19(27-28)31-11-12-4-5-14(20(21,22)23)7-13(12)8-24/h4-5,7,9,15,25H,2-3,6,10-11H2,1H3. The Morgan fingerprint density at radius 1 is 1.41 bits per heavy atom. The topological polar surface area (TPSA) is 86.3 Å². The van der Waals surface area contributed by atoms with Gasteiger partial charge < -0.3 is 5.32 Å². The summed E-state index contributed by atoms with van der Waals surface area (Å²) < 4.78 is 40.8. The van der Waals surface area contributed by atoms with E-state index in [4.69, 9.17) is 0 Å². The maximum absolute atomic E-state index is 13.0. The third-order valence-corrected chi connectivity index (χ3v) is 7.45. The van der Waals surface area contributed by atoms with Gasteiger partial charge in [0, 0.05) is 18.8 Å². The molecule has 0 bridgehead atoms. The molecule has 0 saturated carbocycles. The van der Waals surface area contributed by atoms with Gasteiger partial charge in [0.2, 0.25) is 0 Å². The molecule has 1 N–H and O–H groups in total. The zero-order valence-electron chi connectivity index (χ0n) is 17.0. The van der Waals surface area contributed by atoms with Crippen LogP contribution in [0.1, 0.15) is 29.5 Å². The molecule has 2 aromatic rings. The van der Waals surface area contributed by atoms with Gasteiger partial charge in [0.05, 0.1) is 35.6 Å². The average molecular weight is 481 g/mol. The smallest absolute Gasteiger partial charge is 0.312 e. The number of hydrogen-bond donors (Lipinski definition) is 1. The number of alkyl halides is 3. The fourth-order valence-electron chi connectivity index (χ4n) is 3.50. The first-order valence-electron chi connectivity index (χ1n) is 9.83. The Morgan fingerprint density at radius 2 is 2.22 bits per heavy atom. The lowest BCUT2D eigenvalue weighted by Crippen LogP contribution is -2.35. The zero-order chi connectivity index (χ0) is 22.9. The number of hydrazone groups is 1. The van der Waals surface area contributed by atoms with Gasteiger partial charge in [-0.15, -0.1) is 0 Å². The van der Waals surface area contributed by atoms with Crippen LogP contribution in [-0.4, -0.2) is 33.8 Å². The Kier molecular flexibility index (Phi) is 6.50. The average Bonchev–Trinajstić information content (AvgIpc) is 3.27. The van der Waals surface area contributed by atoms with Gasteiger partial charge in [-0.25, -0.2) is 4.68 Å². The monoisotopic (exact) mass is 480 g/mol. The highest BCUT2D eigenvalue weighted by atomic mass is 32.2. The number of rotatable bonds is 4. The van der Waals surface area contributed by atoms with Gasteiger partial charge in [-0.1, -0.05) is 29.6 Å². The van der Waals surface area contributed by atoms with Crippen molar-refractivity contribution in [3.63, 3.8) is 0 Å². The number of nitrogens with one attached hydrogen (secondary N) is 1. The van der Waals surface area contributed by atoms with Gasteiger partial charge in [-0.3, -0.25) is 9.80 Å². The van der Waals surface area contributed by atoms with Crippen LogP contribution in [0.3, 0.4) is 0 Å². The van der Waals surface area contributed by atoms with Gasteiger partial charge in [-0.05, 0) is 37.1 Å². The van der Waals surface area contributed by atoms with E-state index in [-0.39, 0.29) is 22.9 Å². The van der Waals surface area contributed by atoms with Crippen LogP contribution in [0.2, 0.25) is 0 Å². The number of anilines is 1. The van der Waals surface area contributed by atoms with E-state index in [1.165, 1.54) is 34.3 Å². The summed E-state index contributed by atoms with van der Waals surface area (Å²) >= 11 is 2.48. The van der Waals surface area contributed by atoms with Crippen molar-refractivity contribution in [3.8, 4) is 6.07 Å². The van der Waals surface area contributed by atoms with Crippen molar-refractivity contribution in [2.45, 2.75) is 42.3 Å². The van der Waals surface area contributed by atoms with Gasteiger partial charge >= 0.3 is 6.18 Å². The van der Waals surface area contributed by atoms with Crippen LogP contribution >= 0.6 is 23.5 Å². The summed E-state index contributed by atoms with van der Waals surface area (Å²) in [6.07, 6.45) is -0.818. The van der Waals surface area contributed by atoms with Crippen LogP contribution in [0, 0.1) is 11.3 Å². The minimum Gasteiger partial charge on any atom is -0.312 e. The molecule has 12 heteroatoms. The molecular weight excluding hydrogens is 461 g/mol. The maximum Gasteiger partial charge on any atom is 0.416 e. The molecule has 0 amide bonds. The van der Waals surface area contributed by atoms with Crippen molar-refractivity contribution in [3.05, 3.63) is 51.4 Å². The summed E-state index contributed by atoms with van der Waals surface area (Å²) in [5.41, 5.74) is -0.00836. The lowest BCUT2D eigenvalue weighted by molar-refractivity contribution is -0.137. The van der Waals surface area contributed by atoms with E-state index in [2.05, 4.69) is 15.5 Å². The zero-order valence-corrected chi connectivity index (χ0v) is 18.6. The van der Waals surface area contributed by atoms with Gasteiger partial charge in [0.25, 0.3) is 5.56 Å². The van der Waals surface area contributed by atoms with Gasteiger partial charge in [-0.2, -0.15) is 28.6 Å². The van der Waals surface area contributed by atoms with Crippen LogP contribution < -0.4 is 15.9 Å². The fourth-order valence-corrected chi connectivity index (χ4v) is 5.70. The summed E-state index contributed by atoms with van der Waals surface area (Å²) in [6, 6.07) is 5.19. The minimum absolute atomic E-state index is 0.0295. The number of nitriles is 1. The van der Waals surface area contributed by atoms with Crippen LogP contribution in [0.5, 0.6) is 0 Å². The number of thioether (sulfide) groups is 2. The van der Waals surface area contributed by atoms with Crippen LogP contribution in [0.15, 0.2) is 39.2 Å². The van der Waals surface area contributed by atoms with Crippen LogP contribution in [-0.2, 0) is 18.5 Å². The fraction of sp³-hybridized carbons (Fsp3) is 0.400. The van der Waals surface area contributed by atoms with Gasteiger partial charge in [0.15, 0.2) is 4.38 Å². The third-order valence-electron chi connectivity index (χ3n) is 5.21. The van der Waals surface area contributed by atoms with E-state index in [0.717, 1.165) is 31.5 Å². The second-order valence-corrected chi connectivity index (χ2v) is 9.62. The maximum atomic E-state index is 13.0. The molecular formula is C20H19F3N6OS2. The van der Waals surface area contributed by atoms with Crippen molar-refractivity contribution >= 4 is 33.6 Å². The summed E-state index contributed by atoms with van der Waals surface area (Å²) in [6.45, 7) is 1.43. The lowest BCUT2D eigenvalue weighted by atomic mass is 10.1. The normalized spacial score (nSPS) is 18.3. The predicted octanol–water partition coefficient (Wildman–Crippen LogP) is 3.63. The first-order valence-corrected chi connectivity index (χ1v) is 11.6. The predicted molar refractivity (Wildman–Crippen MR) is 119 cm³/mol. The second-order valence-electron chi connectivity index (χ2n) is 7.40. The molecule has 0 spiro atoms. The molecule has 0 radical (unpaired) electrons. The molecule has 2 aliphatic rings. The molecule has 168 valence electrons. The quantitative estimate of drug-likeness (QED) is 0.715. The van der Waals surface area contributed by atoms with Crippen molar-refractivity contribution in [2.24, 2.45) is 5.10 Å². The Balaban J connectivity index is 1.51. The number of aromatic nitrogens is 2. The van der Waals surface area contributed by atoms with Crippen molar-refractivity contribution < 1.29 is 13.2 Å². The van der Waals surface area contributed by atoms with E-state index in [9.17, 15) is 23.2 Å². The molecule has 1 aromatic heterocycles. The molecule has 3 heterocycles. The van der Waals surface area contributed by atoms with Crippen LogP contribution in [0.4, 0.5) is 18.9 Å². The molecule has 2 aliphatic heterocycles. The van der Waals surface area contributed by atoms with E-state index < -0.39 is 11.7 Å². The van der Waals surface area contributed by atoms with E-state index >= 15 is 0 Å². The highest BCUT2D eigenvalue weighted by Gasteiger charge is 2.31. The Bertz CT molecular complexity index is 1150. The first-order chi connectivity index (χ1) is 15.3. The molecule has 1 fully saturated rings. The molecule has 1 atom stereocenters. The Hall–Kier alpha value is -2.49. The number of hydrogen-bond acceptors (Lipinski definition) is 8. The first kappa shape index (κ1) is 22.7. The molecule has 7 nitrogen and oxygen atoms in total. The molecule has 1 aromatic carbocycles. The molecule has 0 aliphatic carbocycles. The SMILES string of the molecule is CN1N=C(SCc2ccc(C(F)(F)F)cc2C#N)Sc2c1cnn(CC1CCCN1)c2=O. The lowest BCUT2D eigenvalue weighted by Gasteiger charge is -2.23. The summed E-state index contributed by atoms with van der Waals surface area (Å²) in [5, 5.41) is 22.9. The largest absolute Gasteiger partial charge is 0.416 e. The minimum atomic E-state index is -4.51. The van der Waals surface area contributed by atoms with Gasteiger partial charge in [0.1, 0.15) is 4.90 Å². The molecule has 32 heavy (non-hydrogen) atoms.